The molecule has 2 rings (SSSR count). The summed E-state index contributed by atoms with van der Waals surface area (Å²) >= 11 is 0. The first-order valence-electron chi connectivity index (χ1n) is 8.53. The lowest BCUT2D eigenvalue weighted by Gasteiger charge is -2.27. The molecular weight excluding hydrogens is 356 g/mol. The van der Waals surface area contributed by atoms with E-state index in [1.807, 2.05) is 0 Å². The number of hydrogen-bond donors (Lipinski definition) is 1. The van der Waals surface area contributed by atoms with Gasteiger partial charge in [-0.2, -0.15) is 0 Å². The maximum absolute atomic E-state index is 13.5. The SMILES string of the molecule is CCOC(C(=O)N(CCC(=O)O)Cc1ccc(F)c(F)c1)c1ccccc1. The van der Waals surface area contributed by atoms with Crippen molar-refractivity contribution in [2.75, 3.05) is 13.2 Å². The molecule has 0 heterocycles. The van der Waals surface area contributed by atoms with Crippen molar-refractivity contribution < 1.29 is 28.2 Å². The van der Waals surface area contributed by atoms with Gasteiger partial charge >= 0.3 is 5.97 Å². The lowest BCUT2D eigenvalue weighted by atomic mass is 10.1. The van der Waals surface area contributed by atoms with E-state index >= 15 is 0 Å². The van der Waals surface area contributed by atoms with E-state index in [0.29, 0.717) is 11.1 Å². The predicted octanol–water partition coefficient (Wildman–Crippen LogP) is 3.55. The molecule has 144 valence electrons. The highest BCUT2D eigenvalue weighted by Crippen LogP contribution is 2.22. The van der Waals surface area contributed by atoms with E-state index in [1.54, 1.807) is 37.3 Å². The number of nitrogens with zero attached hydrogens (tertiary/aromatic N) is 1. The van der Waals surface area contributed by atoms with E-state index in [0.717, 1.165) is 12.1 Å². The summed E-state index contributed by atoms with van der Waals surface area (Å²) in [4.78, 5) is 25.3. The third kappa shape index (κ3) is 5.86. The molecule has 1 unspecified atom stereocenters. The molecule has 2 aromatic carbocycles. The number of carboxylic acid groups (broad SMARTS) is 1. The Labute approximate surface area is 156 Å². The molecule has 27 heavy (non-hydrogen) atoms. The Morgan fingerprint density at radius 2 is 1.81 bits per heavy atom. The van der Waals surface area contributed by atoms with E-state index in [2.05, 4.69) is 0 Å². The monoisotopic (exact) mass is 377 g/mol. The Hall–Kier alpha value is -2.80. The number of aliphatic carboxylic acids is 1. The van der Waals surface area contributed by atoms with Gasteiger partial charge in [-0.15, -0.1) is 0 Å². The van der Waals surface area contributed by atoms with E-state index < -0.39 is 29.6 Å². The molecule has 0 aliphatic heterocycles. The first kappa shape index (κ1) is 20.5. The van der Waals surface area contributed by atoms with Crippen LogP contribution in [0.15, 0.2) is 48.5 Å². The molecule has 0 saturated heterocycles. The van der Waals surface area contributed by atoms with Crippen LogP contribution in [0.3, 0.4) is 0 Å². The van der Waals surface area contributed by atoms with Gasteiger partial charge in [0, 0.05) is 19.7 Å². The van der Waals surface area contributed by atoms with E-state index in [9.17, 15) is 18.4 Å². The summed E-state index contributed by atoms with van der Waals surface area (Å²) in [6.07, 6.45) is -1.18. The number of carboxylic acids is 1. The van der Waals surface area contributed by atoms with E-state index in [-0.39, 0.29) is 26.1 Å². The topological polar surface area (TPSA) is 66.8 Å². The van der Waals surface area contributed by atoms with Crippen molar-refractivity contribution in [3.8, 4) is 0 Å². The lowest BCUT2D eigenvalue weighted by molar-refractivity contribution is -0.146. The van der Waals surface area contributed by atoms with Gasteiger partial charge in [-0.3, -0.25) is 9.59 Å². The second-order valence-corrected chi connectivity index (χ2v) is 5.90. The van der Waals surface area contributed by atoms with Crippen molar-refractivity contribution in [2.45, 2.75) is 26.0 Å². The molecule has 0 radical (unpaired) electrons. The summed E-state index contributed by atoms with van der Waals surface area (Å²) in [6.45, 7) is 1.90. The third-order valence-electron chi connectivity index (χ3n) is 3.92. The van der Waals surface area contributed by atoms with Gasteiger partial charge in [-0.1, -0.05) is 36.4 Å². The van der Waals surface area contributed by atoms with Crippen LogP contribution in [0.1, 0.15) is 30.6 Å². The number of halogens is 2. The average molecular weight is 377 g/mol. The zero-order valence-corrected chi connectivity index (χ0v) is 14.9. The van der Waals surface area contributed by atoms with E-state index in [4.69, 9.17) is 9.84 Å². The standard InChI is InChI=1S/C20H21F2NO4/c1-2-27-19(15-6-4-3-5-7-15)20(26)23(11-10-18(24)25)13-14-8-9-16(21)17(22)12-14/h3-9,12,19H,2,10-11,13H2,1H3,(H,24,25). The molecule has 0 aliphatic carbocycles. The van der Waals surface area contributed by atoms with Crippen molar-refractivity contribution in [2.24, 2.45) is 0 Å². The molecule has 1 atom stereocenters. The second kappa shape index (κ2) is 9.78. The molecule has 2 aromatic rings. The zero-order valence-electron chi connectivity index (χ0n) is 14.9. The van der Waals surface area contributed by atoms with Crippen LogP contribution < -0.4 is 0 Å². The van der Waals surface area contributed by atoms with Crippen LogP contribution in [0.5, 0.6) is 0 Å². The van der Waals surface area contributed by atoms with Crippen molar-refractivity contribution in [3.05, 3.63) is 71.3 Å². The fourth-order valence-electron chi connectivity index (χ4n) is 2.63. The summed E-state index contributed by atoms with van der Waals surface area (Å²) in [6, 6.07) is 12.2. The predicted molar refractivity (Wildman–Crippen MR) is 94.8 cm³/mol. The van der Waals surface area contributed by atoms with Crippen LogP contribution in [0.4, 0.5) is 8.78 Å². The Kier molecular flexibility index (Phi) is 7.43. The molecule has 0 bridgehead atoms. The van der Waals surface area contributed by atoms with Gasteiger partial charge in [0.2, 0.25) is 0 Å². The first-order chi connectivity index (χ1) is 12.9. The minimum atomic E-state index is -1.06. The maximum Gasteiger partial charge on any atom is 0.305 e. The molecular formula is C20H21F2NO4. The van der Waals surface area contributed by atoms with Gasteiger partial charge in [0.25, 0.3) is 5.91 Å². The Bertz CT molecular complexity index is 783. The molecule has 1 amide bonds. The zero-order chi connectivity index (χ0) is 19.8. The number of carbonyl (C=O) groups is 2. The Morgan fingerprint density at radius 3 is 2.41 bits per heavy atom. The Balaban J connectivity index is 2.27. The van der Waals surface area contributed by atoms with Crippen LogP contribution in [-0.2, 0) is 20.9 Å². The van der Waals surface area contributed by atoms with E-state index in [1.165, 1.54) is 11.0 Å². The normalized spacial score (nSPS) is 11.8. The van der Waals surface area contributed by atoms with Crippen molar-refractivity contribution in [3.63, 3.8) is 0 Å². The quantitative estimate of drug-likeness (QED) is 0.726. The number of rotatable bonds is 9. The molecule has 0 aromatic heterocycles. The third-order valence-corrected chi connectivity index (χ3v) is 3.92. The first-order valence-corrected chi connectivity index (χ1v) is 8.53. The highest BCUT2D eigenvalue weighted by molar-refractivity contribution is 5.83. The number of carbonyl (C=O) groups excluding carboxylic acids is 1. The van der Waals surface area contributed by atoms with Gasteiger partial charge in [0.1, 0.15) is 0 Å². The number of benzene rings is 2. The minimum absolute atomic E-state index is 0.0558. The smallest absolute Gasteiger partial charge is 0.305 e. The maximum atomic E-state index is 13.5. The molecule has 7 heteroatoms. The van der Waals surface area contributed by atoms with Crippen molar-refractivity contribution in [1.29, 1.82) is 0 Å². The summed E-state index contributed by atoms with van der Waals surface area (Å²) in [7, 11) is 0. The summed E-state index contributed by atoms with van der Waals surface area (Å²) in [5, 5.41) is 8.97. The molecule has 5 nitrogen and oxygen atoms in total. The van der Waals surface area contributed by atoms with Gasteiger partial charge in [0.15, 0.2) is 17.7 Å². The fourth-order valence-corrected chi connectivity index (χ4v) is 2.63. The van der Waals surface area contributed by atoms with Gasteiger partial charge in [0.05, 0.1) is 6.42 Å². The molecule has 1 N–H and O–H groups in total. The summed E-state index contributed by atoms with van der Waals surface area (Å²) in [5.41, 5.74) is 0.992. The van der Waals surface area contributed by atoms with Crippen molar-refractivity contribution >= 4 is 11.9 Å². The van der Waals surface area contributed by atoms with Crippen LogP contribution in [0.2, 0.25) is 0 Å². The number of amides is 1. The summed E-state index contributed by atoms with van der Waals surface area (Å²) in [5.74, 6) is -3.51. The van der Waals surface area contributed by atoms with Crippen LogP contribution >= 0.6 is 0 Å². The van der Waals surface area contributed by atoms with Gasteiger partial charge in [-0.05, 0) is 30.2 Å². The molecule has 0 saturated carbocycles. The number of hydrogen-bond acceptors (Lipinski definition) is 3. The highest BCUT2D eigenvalue weighted by Gasteiger charge is 2.27. The molecule has 0 spiro atoms. The van der Waals surface area contributed by atoms with Crippen LogP contribution in [0.25, 0.3) is 0 Å². The van der Waals surface area contributed by atoms with Crippen LogP contribution in [0, 0.1) is 11.6 Å². The molecule has 0 fully saturated rings. The van der Waals surface area contributed by atoms with Crippen molar-refractivity contribution in [1.82, 2.24) is 4.90 Å². The average Bonchev–Trinajstić information content (AvgIpc) is 2.66. The number of ether oxygens (including phenoxy) is 1. The second-order valence-electron chi connectivity index (χ2n) is 5.90. The molecule has 0 aliphatic rings. The Morgan fingerprint density at radius 1 is 1.11 bits per heavy atom. The van der Waals surface area contributed by atoms with Crippen LogP contribution in [-0.4, -0.2) is 35.0 Å². The lowest BCUT2D eigenvalue weighted by Crippen LogP contribution is -2.37. The highest BCUT2D eigenvalue weighted by atomic mass is 19.2. The van der Waals surface area contributed by atoms with Gasteiger partial charge in [-0.25, -0.2) is 8.78 Å². The fraction of sp³-hybridized carbons (Fsp3) is 0.300. The van der Waals surface area contributed by atoms with Gasteiger partial charge < -0.3 is 14.7 Å². The summed E-state index contributed by atoms with van der Waals surface area (Å²) < 4.78 is 32.2. The minimum Gasteiger partial charge on any atom is -0.481 e. The largest absolute Gasteiger partial charge is 0.481 e.